The molecule has 2 aliphatic rings. The van der Waals surface area contributed by atoms with Crippen LogP contribution in [0.2, 0.25) is 0 Å². The molecule has 174 valence electrons. The summed E-state index contributed by atoms with van der Waals surface area (Å²) < 4.78 is 11.1. The van der Waals surface area contributed by atoms with E-state index in [1.807, 2.05) is 65.6 Å². The second-order valence-electron chi connectivity index (χ2n) is 8.66. The summed E-state index contributed by atoms with van der Waals surface area (Å²) in [5, 5.41) is 3.17. The molecule has 0 saturated carbocycles. The fourth-order valence-electron chi connectivity index (χ4n) is 5.30. The molecule has 0 spiro atoms. The summed E-state index contributed by atoms with van der Waals surface area (Å²) >= 11 is 0. The number of amides is 2. The largest absolute Gasteiger partial charge is 0.493 e. The minimum Gasteiger partial charge on any atom is -0.493 e. The molecule has 0 unspecified atom stereocenters. The zero-order chi connectivity index (χ0) is 23.8. The third kappa shape index (κ3) is 3.50. The summed E-state index contributed by atoms with van der Waals surface area (Å²) in [5.41, 5.74) is 5.21. The summed E-state index contributed by atoms with van der Waals surface area (Å²) in [6.45, 7) is 2.61. The maximum absolute atomic E-state index is 13.9. The molecular formula is C28H28N2O4. The number of fused-ring (bicyclic) bond motifs is 4. The molecule has 0 aromatic heterocycles. The van der Waals surface area contributed by atoms with Gasteiger partial charge in [0.1, 0.15) is 0 Å². The second kappa shape index (κ2) is 8.86. The number of para-hydroxylation sites is 1. The Morgan fingerprint density at radius 3 is 2.47 bits per heavy atom. The number of hydrogen-bond acceptors (Lipinski definition) is 4. The first-order chi connectivity index (χ1) is 16.6. The fourth-order valence-corrected chi connectivity index (χ4v) is 5.30. The van der Waals surface area contributed by atoms with Gasteiger partial charge in [-0.25, -0.2) is 0 Å². The van der Waals surface area contributed by atoms with Crippen molar-refractivity contribution in [3.8, 4) is 11.5 Å². The smallest absolute Gasteiger partial charge is 0.254 e. The molecule has 1 N–H and O–H groups in total. The van der Waals surface area contributed by atoms with Gasteiger partial charge in [-0.2, -0.15) is 0 Å². The van der Waals surface area contributed by atoms with Crippen molar-refractivity contribution in [1.29, 1.82) is 0 Å². The van der Waals surface area contributed by atoms with Crippen LogP contribution >= 0.6 is 0 Å². The van der Waals surface area contributed by atoms with E-state index >= 15 is 0 Å². The minimum absolute atomic E-state index is 0.0426. The molecule has 6 heteroatoms. The van der Waals surface area contributed by atoms with Gasteiger partial charge in [0.15, 0.2) is 11.5 Å². The first-order valence-corrected chi connectivity index (χ1v) is 11.6. The number of rotatable bonds is 5. The molecule has 2 atom stereocenters. The van der Waals surface area contributed by atoms with E-state index in [0.29, 0.717) is 30.0 Å². The van der Waals surface area contributed by atoms with Gasteiger partial charge < -0.3 is 19.7 Å². The van der Waals surface area contributed by atoms with Crippen molar-refractivity contribution in [1.82, 2.24) is 4.90 Å². The fraction of sp³-hybridized carbons (Fsp3) is 0.286. The van der Waals surface area contributed by atoms with Crippen LogP contribution in [0.4, 0.5) is 5.69 Å². The van der Waals surface area contributed by atoms with E-state index in [1.165, 1.54) is 0 Å². The zero-order valence-electron chi connectivity index (χ0n) is 19.6. The van der Waals surface area contributed by atoms with Crippen molar-refractivity contribution < 1.29 is 19.1 Å². The monoisotopic (exact) mass is 456 g/mol. The summed E-state index contributed by atoms with van der Waals surface area (Å²) in [6, 6.07) is 18.8. The Bertz CT molecular complexity index is 1270. The highest BCUT2D eigenvalue weighted by Crippen LogP contribution is 2.48. The van der Waals surface area contributed by atoms with Crippen molar-refractivity contribution >= 4 is 17.5 Å². The number of nitrogens with one attached hydrogen (secondary N) is 1. The Balaban J connectivity index is 1.66. The van der Waals surface area contributed by atoms with Gasteiger partial charge in [-0.15, -0.1) is 0 Å². The maximum atomic E-state index is 13.9. The summed E-state index contributed by atoms with van der Waals surface area (Å²) in [5.74, 6) is 0.508. The Morgan fingerprint density at radius 2 is 1.71 bits per heavy atom. The number of nitrogens with zero attached hydrogens (tertiary/aromatic N) is 1. The number of aryl methyl sites for hydroxylation is 1. The van der Waals surface area contributed by atoms with E-state index in [1.54, 1.807) is 14.2 Å². The van der Waals surface area contributed by atoms with Crippen LogP contribution in [0.25, 0.3) is 0 Å². The lowest BCUT2D eigenvalue weighted by Gasteiger charge is -2.45. The van der Waals surface area contributed by atoms with Crippen LogP contribution in [0.5, 0.6) is 11.5 Å². The third-order valence-corrected chi connectivity index (χ3v) is 6.96. The first-order valence-electron chi connectivity index (χ1n) is 11.6. The lowest BCUT2D eigenvalue weighted by Crippen LogP contribution is -2.49. The highest BCUT2D eigenvalue weighted by Gasteiger charge is 2.46. The first kappa shape index (κ1) is 22.0. The maximum Gasteiger partial charge on any atom is 0.254 e. The quantitative estimate of drug-likeness (QED) is 0.602. The molecule has 0 aliphatic carbocycles. The van der Waals surface area contributed by atoms with Gasteiger partial charge in [0.2, 0.25) is 5.91 Å². The number of carbonyl (C=O) groups is 2. The van der Waals surface area contributed by atoms with Crippen LogP contribution in [0.1, 0.15) is 51.5 Å². The number of ether oxygens (including phenoxy) is 2. The number of benzene rings is 3. The summed E-state index contributed by atoms with van der Waals surface area (Å²) in [4.78, 5) is 29.3. The van der Waals surface area contributed by atoms with E-state index < -0.39 is 12.0 Å². The number of methoxy groups -OCH3 is 2. The number of hydrogen-bond donors (Lipinski definition) is 1. The van der Waals surface area contributed by atoms with Gasteiger partial charge in [-0.05, 0) is 59.4 Å². The van der Waals surface area contributed by atoms with Crippen molar-refractivity contribution in [3.05, 3.63) is 88.5 Å². The number of anilines is 1. The van der Waals surface area contributed by atoms with Gasteiger partial charge >= 0.3 is 0 Å². The molecule has 0 saturated heterocycles. The van der Waals surface area contributed by atoms with E-state index in [-0.39, 0.29) is 11.8 Å². The van der Waals surface area contributed by atoms with E-state index in [0.717, 1.165) is 34.4 Å². The minimum atomic E-state index is -0.559. The Morgan fingerprint density at radius 1 is 1.00 bits per heavy atom. The van der Waals surface area contributed by atoms with Crippen LogP contribution in [-0.4, -0.2) is 37.5 Å². The topological polar surface area (TPSA) is 67.9 Å². The molecule has 2 aliphatic heterocycles. The van der Waals surface area contributed by atoms with Gasteiger partial charge in [0.25, 0.3) is 5.91 Å². The van der Waals surface area contributed by atoms with Crippen LogP contribution in [0.15, 0.2) is 60.7 Å². The molecule has 0 fully saturated rings. The predicted molar refractivity (Wildman–Crippen MR) is 131 cm³/mol. The molecule has 5 rings (SSSR count). The average molecular weight is 457 g/mol. The standard InChI is InChI=1S/C28H28N2O4/c1-4-17-9-5-8-12-22(17)29-27(31)25-19-10-6-7-11-20(19)28(32)30-14-13-18-15-23(33-2)24(34-3)16-21(18)26(25)30/h5-12,15-16,25-26H,4,13-14H2,1-3H3,(H,29,31)/t25-,26-/m1/s1. The van der Waals surface area contributed by atoms with E-state index in [9.17, 15) is 9.59 Å². The van der Waals surface area contributed by atoms with Crippen molar-refractivity contribution in [2.24, 2.45) is 0 Å². The van der Waals surface area contributed by atoms with Gasteiger partial charge in [-0.3, -0.25) is 9.59 Å². The molecule has 3 aromatic carbocycles. The average Bonchev–Trinajstić information content (AvgIpc) is 2.88. The van der Waals surface area contributed by atoms with E-state index in [4.69, 9.17) is 9.47 Å². The van der Waals surface area contributed by atoms with Gasteiger partial charge in [-0.1, -0.05) is 43.3 Å². The lowest BCUT2D eigenvalue weighted by molar-refractivity contribution is -0.119. The van der Waals surface area contributed by atoms with Crippen LogP contribution in [0.3, 0.4) is 0 Å². The highest BCUT2D eigenvalue weighted by atomic mass is 16.5. The Labute approximate surface area is 199 Å². The molecule has 34 heavy (non-hydrogen) atoms. The van der Waals surface area contributed by atoms with Crippen LogP contribution in [-0.2, 0) is 17.6 Å². The molecule has 3 aromatic rings. The zero-order valence-corrected chi connectivity index (χ0v) is 19.6. The molecule has 0 bridgehead atoms. The lowest BCUT2D eigenvalue weighted by atomic mass is 9.75. The van der Waals surface area contributed by atoms with E-state index in [2.05, 4.69) is 12.2 Å². The molecule has 2 amide bonds. The Kier molecular flexibility index (Phi) is 5.74. The normalized spacial score (nSPS) is 18.4. The Hall–Kier alpha value is -3.80. The highest BCUT2D eigenvalue weighted by molar-refractivity contribution is 6.04. The predicted octanol–water partition coefficient (Wildman–Crippen LogP) is 4.74. The van der Waals surface area contributed by atoms with Gasteiger partial charge in [0.05, 0.1) is 26.2 Å². The molecule has 0 radical (unpaired) electrons. The van der Waals surface area contributed by atoms with Crippen LogP contribution in [0, 0.1) is 0 Å². The SMILES string of the molecule is CCc1ccccc1NC(=O)[C@@H]1c2ccccc2C(=O)N2CCc3cc(OC)c(OC)cc3[C@H]12. The number of carbonyl (C=O) groups excluding carboxylic acids is 2. The molecule has 6 nitrogen and oxygen atoms in total. The van der Waals surface area contributed by atoms with Crippen LogP contribution < -0.4 is 14.8 Å². The van der Waals surface area contributed by atoms with Crippen molar-refractivity contribution in [3.63, 3.8) is 0 Å². The van der Waals surface area contributed by atoms with Crippen molar-refractivity contribution in [2.75, 3.05) is 26.1 Å². The summed E-state index contributed by atoms with van der Waals surface area (Å²) in [6.07, 6.45) is 1.50. The summed E-state index contributed by atoms with van der Waals surface area (Å²) in [7, 11) is 3.21. The molecular weight excluding hydrogens is 428 g/mol. The molecule has 2 heterocycles. The van der Waals surface area contributed by atoms with Crippen molar-refractivity contribution in [2.45, 2.75) is 31.7 Å². The van der Waals surface area contributed by atoms with Gasteiger partial charge in [0, 0.05) is 17.8 Å². The second-order valence-corrected chi connectivity index (χ2v) is 8.66. The third-order valence-electron chi connectivity index (χ3n) is 6.96.